The largest absolute Gasteiger partial charge is 0.435 e. The van der Waals surface area contributed by atoms with E-state index in [9.17, 15) is 4.39 Å². The Bertz CT molecular complexity index is 804. The number of benzene rings is 2. The molecule has 0 fully saturated rings. The van der Waals surface area contributed by atoms with Crippen molar-refractivity contribution in [3.63, 3.8) is 0 Å². The van der Waals surface area contributed by atoms with Gasteiger partial charge in [0.05, 0.1) is 0 Å². The molecule has 0 amide bonds. The van der Waals surface area contributed by atoms with Crippen LogP contribution in [-0.4, -0.2) is 4.98 Å². The monoisotopic (exact) mass is 301 g/mol. The summed E-state index contributed by atoms with van der Waals surface area (Å²) in [4.78, 5) is 4.27. The van der Waals surface area contributed by atoms with Crippen LogP contribution in [0, 0.1) is 12.7 Å². The van der Waals surface area contributed by atoms with Crippen molar-refractivity contribution in [2.45, 2.75) is 12.8 Å². The number of aryl methyl sites for hydroxylation is 1. The molecule has 0 bridgehead atoms. The van der Waals surface area contributed by atoms with Gasteiger partial charge in [0.25, 0.3) is 0 Å². The Hall–Kier alpha value is -2.13. The average molecular weight is 302 g/mol. The van der Waals surface area contributed by atoms with Gasteiger partial charge in [0.2, 0.25) is 5.88 Å². The van der Waals surface area contributed by atoms with E-state index in [1.807, 2.05) is 24.3 Å². The van der Waals surface area contributed by atoms with E-state index in [0.29, 0.717) is 17.3 Å². The molecule has 0 aliphatic rings. The summed E-state index contributed by atoms with van der Waals surface area (Å²) >= 11 is 5.92. The van der Waals surface area contributed by atoms with Crippen LogP contribution < -0.4 is 4.74 Å². The van der Waals surface area contributed by atoms with Gasteiger partial charge in [-0.25, -0.2) is 9.37 Å². The molecule has 21 heavy (non-hydrogen) atoms. The molecule has 0 aliphatic heterocycles. The summed E-state index contributed by atoms with van der Waals surface area (Å²) < 4.78 is 19.7. The van der Waals surface area contributed by atoms with Gasteiger partial charge < -0.3 is 4.74 Å². The second-order valence-electron chi connectivity index (χ2n) is 4.76. The highest BCUT2D eigenvalue weighted by Crippen LogP contribution is 2.32. The molecule has 1 aromatic heterocycles. The molecule has 0 spiro atoms. The van der Waals surface area contributed by atoms with Crippen LogP contribution in [0.3, 0.4) is 0 Å². The third-order valence-corrected chi connectivity index (χ3v) is 3.64. The first-order chi connectivity index (χ1) is 10.2. The first-order valence-electron chi connectivity index (χ1n) is 6.56. The number of fused-ring (bicyclic) bond motifs is 1. The van der Waals surface area contributed by atoms with Gasteiger partial charge >= 0.3 is 0 Å². The number of hydrogen-bond acceptors (Lipinski definition) is 2. The molecule has 3 rings (SSSR count). The number of nitrogens with zero attached hydrogens (tertiary/aromatic N) is 1. The van der Waals surface area contributed by atoms with Crippen molar-refractivity contribution >= 4 is 22.4 Å². The van der Waals surface area contributed by atoms with E-state index in [-0.39, 0.29) is 11.6 Å². The minimum atomic E-state index is -0.371. The van der Waals surface area contributed by atoms with Crippen molar-refractivity contribution in [1.29, 1.82) is 0 Å². The van der Waals surface area contributed by atoms with E-state index in [1.165, 1.54) is 0 Å². The number of alkyl halides is 1. The molecule has 2 aromatic carbocycles. The van der Waals surface area contributed by atoms with Crippen molar-refractivity contribution in [1.82, 2.24) is 4.98 Å². The lowest BCUT2D eigenvalue weighted by atomic mass is 10.1. The molecular weight excluding hydrogens is 289 g/mol. The van der Waals surface area contributed by atoms with Gasteiger partial charge in [-0.1, -0.05) is 30.3 Å². The quantitative estimate of drug-likeness (QED) is 0.619. The molecule has 0 saturated carbocycles. The van der Waals surface area contributed by atoms with Crippen LogP contribution in [-0.2, 0) is 5.88 Å². The Morgan fingerprint density at radius 2 is 1.86 bits per heavy atom. The molecule has 3 aromatic rings. The molecular formula is C17H13ClFNO. The van der Waals surface area contributed by atoms with Gasteiger partial charge in [-0.05, 0) is 35.6 Å². The summed E-state index contributed by atoms with van der Waals surface area (Å²) in [6.07, 6.45) is 1.67. The minimum Gasteiger partial charge on any atom is -0.435 e. The first kappa shape index (κ1) is 13.8. The fourth-order valence-electron chi connectivity index (χ4n) is 2.22. The van der Waals surface area contributed by atoms with Crippen molar-refractivity contribution in [3.05, 3.63) is 65.6 Å². The molecule has 2 nitrogen and oxygen atoms in total. The van der Waals surface area contributed by atoms with E-state index in [1.54, 1.807) is 31.3 Å². The van der Waals surface area contributed by atoms with Crippen molar-refractivity contribution in [2.24, 2.45) is 0 Å². The summed E-state index contributed by atoms with van der Waals surface area (Å²) in [5.41, 5.74) is 1.46. The van der Waals surface area contributed by atoms with Gasteiger partial charge in [-0.2, -0.15) is 0 Å². The number of pyridine rings is 1. The lowest BCUT2D eigenvalue weighted by Gasteiger charge is -2.11. The summed E-state index contributed by atoms with van der Waals surface area (Å²) in [5, 5.41) is 1.78. The van der Waals surface area contributed by atoms with Crippen molar-refractivity contribution in [3.8, 4) is 11.6 Å². The predicted octanol–water partition coefficient (Wildman–Crippen LogP) is 5.21. The second kappa shape index (κ2) is 5.70. The van der Waals surface area contributed by atoms with Crippen LogP contribution in [0.15, 0.2) is 48.7 Å². The highest BCUT2D eigenvalue weighted by atomic mass is 35.5. The highest BCUT2D eigenvalue weighted by molar-refractivity contribution is 6.18. The van der Waals surface area contributed by atoms with Crippen LogP contribution >= 0.6 is 11.6 Å². The number of aromatic nitrogens is 1. The van der Waals surface area contributed by atoms with Gasteiger partial charge in [-0.15, -0.1) is 11.6 Å². The van der Waals surface area contributed by atoms with E-state index in [4.69, 9.17) is 16.3 Å². The smallest absolute Gasteiger partial charge is 0.227 e. The fourth-order valence-corrected chi connectivity index (χ4v) is 2.43. The van der Waals surface area contributed by atoms with Gasteiger partial charge in [0, 0.05) is 17.5 Å². The van der Waals surface area contributed by atoms with Gasteiger partial charge in [0.1, 0.15) is 0 Å². The summed E-state index contributed by atoms with van der Waals surface area (Å²) in [6, 6.07) is 12.7. The summed E-state index contributed by atoms with van der Waals surface area (Å²) in [6.45, 7) is 1.70. The predicted molar refractivity (Wildman–Crippen MR) is 82.5 cm³/mol. The standard InChI is InChI=1S/C17H13ClFNO/c1-11-5-4-8-15(16(11)19)21-17-14-7-3-2-6-13(14)12(9-18)10-20-17/h2-8,10H,9H2,1H3. The maximum atomic E-state index is 14.1. The zero-order valence-electron chi connectivity index (χ0n) is 11.4. The zero-order chi connectivity index (χ0) is 14.8. The molecule has 1 heterocycles. The zero-order valence-corrected chi connectivity index (χ0v) is 12.2. The SMILES string of the molecule is Cc1cccc(Oc2ncc(CCl)c3ccccc23)c1F. The van der Waals surface area contributed by atoms with E-state index >= 15 is 0 Å². The average Bonchev–Trinajstić information content (AvgIpc) is 2.52. The maximum absolute atomic E-state index is 14.1. The molecule has 106 valence electrons. The Balaban J connectivity index is 2.11. The molecule has 0 aliphatic carbocycles. The van der Waals surface area contributed by atoms with Crippen LogP contribution in [0.5, 0.6) is 11.6 Å². The third kappa shape index (κ3) is 2.57. The van der Waals surface area contributed by atoms with E-state index < -0.39 is 0 Å². The minimum absolute atomic E-state index is 0.172. The molecule has 4 heteroatoms. The second-order valence-corrected chi connectivity index (χ2v) is 5.02. The molecule has 0 N–H and O–H groups in total. The van der Waals surface area contributed by atoms with Crippen molar-refractivity contribution in [2.75, 3.05) is 0 Å². The van der Waals surface area contributed by atoms with Gasteiger partial charge in [-0.3, -0.25) is 0 Å². The Morgan fingerprint density at radius 3 is 2.62 bits per heavy atom. The number of hydrogen-bond donors (Lipinski definition) is 0. The Kier molecular flexibility index (Phi) is 3.76. The first-order valence-corrected chi connectivity index (χ1v) is 7.09. The van der Waals surface area contributed by atoms with Crippen molar-refractivity contribution < 1.29 is 9.13 Å². The van der Waals surface area contributed by atoms with Crippen LogP contribution in [0.25, 0.3) is 10.8 Å². The summed E-state index contributed by atoms with van der Waals surface area (Å²) in [5.74, 6) is 0.548. The number of rotatable bonds is 3. The summed E-state index contributed by atoms with van der Waals surface area (Å²) in [7, 11) is 0. The third-order valence-electron chi connectivity index (χ3n) is 3.35. The van der Waals surface area contributed by atoms with E-state index in [0.717, 1.165) is 16.3 Å². The van der Waals surface area contributed by atoms with Crippen LogP contribution in [0.1, 0.15) is 11.1 Å². The van der Waals surface area contributed by atoms with Crippen LogP contribution in [0.4, 0.5) is 4.39 Å². The molecule has 0 radical (unpaired) electrons. The topological polar surface area (TPSA) is 22.1 Å². The maximum Gasteiger partial charge on any atom is 0.227 e. The van der Waals surface area contributed by atoms with Crippen LogP contribution in [0.2, 0.25) is 0 Å². The highest BCUT2D eigenvalue weighted by Gasteiger charge is 2.12. The van der Waals surface area contributed by atoms with Gasteiger partial charge in [0.15, 0.2) is 11.6 Å². The number of halogens is 2. The fraction of sp³-hybridized carbons (Fsp3) is 0.118. The van der Waals surface area contributed by atoms with E-state index in [2.05, 4.69) is 4.98 Å². The molecule has 0 unspecified atom stereocenters. The Labute approximate surface area is 127 Å². The Morgan fingerprint density at radius 1 is 1.10 bits per heavy atom. The lowest BCUT2D eigenvalue weighted by molar-refractivity contribution is 0.430. The molecule has 0 atom stereocenters. The lowest BCUT2D eigenvalue weighted by Crippen LogP contribution is -1.95. The number of ether oxygens (including phenoxy) is 1. The molecule has 0 saturated heterocycles. The normalized spacial score (nSPS) is 10.8.